The van der Waals surface area contributed by atoms with Crippen molar-refractivity contribution in [3.05, 3.63) is 29.3 Å². The van der Waals surface area contributed by atoms with Gasteiger partial charge in [0.2, 0.25) is 0 Å². The van der Waals surface area contributed by atoms with E-state index >= 15 is 0 Å². The summed E-state index contributed by atoms with van der Waals surface area (Å²) in [5, 5.41) is 4.73. The van der Waals surface area contributed by atoms with Gasteiger partial charge in [-0.3, -0.25) is 0 Å². The molecular formula is C14H22IN2W-. The van der Waals surface area contributed by atoms with Gasteiger partial charge in [0.1, 0.15) is 0 Å². The summed E-state index contributed by atoms with van der Waals surface area (Å²) in [6.07, 6.45) is 3.77. The standard InChI is InChI=1S/C12H16IN2.C2H6.W/c1-9(2)6-11-8-14-5-4-12(11)15-10(3)7-13;1-2;/h4-5,8-10H,7H2,1-3H3;1-2H3;/q-1;;. The average Bonchev–Trinajstić information content (AvgIpc) is 2.40. The number of pyridine rings is 1. The Balaban J connectivity index is 0.00000137. The van der Waals surface area contributed by atoms with E-state index in [0.29, 0.717) is 12.0 Å². The van der Waals surface area contributed by atoms with Crippen LogP contribution >= 0.6 is 22.6 Å². The molecule has 1 heterocycles. The van der Waals surface area contributed by atoms with Gasteiger partial charge in [-0.05, 0) is 0 Å². The van der Waals surface area contributed by atoms with Crippen LogP contribution in [0.25, 0.3) is 5.32 Å². The molecule has 0 aliphatic heterocycles. The van der Waals surface area contributed by atoms with E-state index in [0.717, 1.165) is 10.1 Å². The minimum absolute atomic E-state index is 0.372. The van der Waals surface area contributed by atoms with Crippen molar-refractivity contribution in [1.82, 2.24) is 4.98 Å². The van der Waals surface area contributed by atoms with Crippen LogP contribution in [0.3, 0.4) is 0 Å². The maximum atomic E-state index is 4.73. The normalized spacial score (nSPS) is 11.5. The van der Waals surface area contributed by atoms with Gasteiger partial charge >= 0.3 is 123 Å². The molecule has 0 N–H and O–H groups in total. The molecule has 0 aliphatic rings. The molecule has 1 atom stereocenters. The van der Waals surface area contributed by atoms with Gasteiger partial charge in [-0.1, -0.05) is 13.8 Å². The Hall–Kier alpha value is 0.238. The van der Waals surface area contributed by atoms with Crippen molar-refractivity contribution < 1.29 is 19.4 Å². The van der Waals surface area contributed by atoms with Crippen molar-refractivity contribution >= 4 is 32.2 Å². The molecule has 1 aromatic rings. The van der Waals surface area contributed by atoms with Gasteiger partial charge < -0.3 is 0 Å². The zero-order chi connectivity index (χ0) is 14.1. The van der Waals surface area contributed by atoms with E-state index in [1.807, 2.05) is 32.3 Å². The van der Waals surface area contributed by atoms with Gasteiger partial charge in [-0.2, -0.15) is 0 Å². The summed E-state index contributed by atoms with van der Waals surface area (Å²) in [6, 6.07) is 2.39. The van der Waals surface area contributed by atoms with E-state index in [1.54, 1.807) is 0 Å². The third-order valence-electron chi connectivity index (χ3n) is 2.17. The molecule has 0 amide bonds. The summed E-state index contributed by atoms with van der Waals surface area (Å²) in [4.78, 5) is 4.21. The zero-order valence-electron chi connectivity index (χ0n) is 11.8. The molecule has 0 aliphatic carbocycles. The van der Waals surface area contributed by atoms with Crippen molar-refractivity contribution in [3.63, 3.8) is 0 Å². The summed E-state index contributed by atoms with van der Waals surface area (Å²) >= 11 is 3.88. The third-order valence-corrected chi connectivity index (χ3v) is 5.93. The second-order valence-electron chi connectivity index (χ2n) is 4.04. The molecule has 1 rings (SSSR count). The van der Waals surface area contributed by atoms with Gasteiger partial charge in [0.25, 0.3) is 0 Å². The van der Waals surface area contributed by atoms with Crippen molar-refractivity contribution in [1.29, 1.82) is 0 Å². The fraction of sp³-hybridized carbons (Fsp3) is 0.571. The molecule has 2 nitrogen and oxygen atoms in total. The number of aromatic nitrogens is 1. The molecule has 1 aromatic heterocycles. The number of nitrogens with zero attached hydrogens (tertiary/aromatic N) is 2. The second-order valence-corrected chi connectivity index (χ2v) is 6.51. The van der Waals surface area contributed by atoms with Crippen LogP contribution in [0.4, 0.5) is 5.69 Å². The quantitative estimate of drug-likeness (QED) is 0.403. The molecule has 4 heteroatoms. The second kappa shape index (κ2) is 10.1. The van der Waals surface area contributed by atoms with Crippen LogP contribution in [-0.4, -0.2) is 19.4 Å². The summed E-state index contributed by atoms with van der Waals surface area (Å²) < 4.78 is 2.49. The summed E-state index contributed by atoms with van der Waals surface area (Å²) in [7, 11) is 0. The van der Waals surface area contributed by atoms with Gasteiger partial charge in [0, 0.05) is 0 Å². The van der Waals surface area contributed by atoms with Crippen molar-refractivity contribution in [2.45, 2.75) is 40.7 Å². The van der Waals surface area contributed by atoms with E-state index in [1.165, 1.54) is 28.8 Å². The molecule has 1 unspecified atom stereocenters. The van der Waals surface area contributed by atoms with Crippen LogP contribution in [0.5, 0.6) is 0 Å². The third kappa shape index (κ3) is 5.92. The van der Waals surface area contributed by atoms with Gasteiger partial charge in [0.05, 0.1) is 0 Å². The minimum atomic E-state index is 0.372. The van der Waals surface area contributed by atoms with Gasteiger partial charge in [-0.25, -0.2) is 0 Å². The number of hydrogen-bond donors (Lipinski definition) is 0. The van der Waals surface area contributed by atoms with E-state index < -0.39 is 0 Å². The molecular weight excluding hydrogens is 507 g/mol. The van der Waals surface area contributed by atoms with E-state index in [-0.39, 0.29) is 0 Å². The van der Waals surface area contributed by atoms with Crippen LogP contribution in [0.1, 0.15) is 40.2 Å². The first-order valence-electron chi connectivity index (χ1n) is 6.31. The van der Waals surface area contributed by atoms with Crippen LogP contribution in [-0.2, 0) is 19.4 Å². The Morgan fingerprint density at radius 2 is 2.00 bits per heavy atom. The Morgan fingerprint density at radius 1 is 1.39 bits per heavy atom. The number of hydrogen-bond acceptors (Lipinski definition) is 1. The van der Waals surface area contributed by atoms with Crippen LogP contribution in [0, 0.1) is 5.92 Å². The Bertz CT molecular complexity index is 367. The summed E-state index contributed by atoms with van der Waals surface area (Å²) in [6.45, 7) is 10.6. The molecule has 0 saturated carbocycles. The SMILES string of the molecule is CC.CC(CI)[N-]c1ccncc1[C](=[W])C(C)C. The monoisotopic (exact) mass is 529 g/mol. The fourth-order valence-corrected chi connectivity index (χ4v) is 2.03. The van der Waals surface area contributed by atoms with Crippen LogP contribution in [0.2, 0.25) is 0 Å². The molecule has 18 heavy (non-hydrogen) atoms. The molecule has 0 fully saturated rings. The Labute approximate surface area is 136 Å². The Morgan fingerprint density at radius 3 is 2.50 bits per heavy atom. The molecule has 0 bridgehead atoms. The molecule has 0 radical (unpaired) electrons. The van der Waals surface area contributed by atoms with E-state index in [2.05, 4.69) is 48.3 Å². The van der Waals surface area contributed by atoms with E-state index in [9.17, 15) is 0 Å². The number of rotatable bonds is 5. The fourth-order valence-electron chi connectivity index (χ4n) is 1.27. The predicted octanol–water partition coefficient (Wildman–Crippen LogP) is 4.66. The summed E-state index contributed by atoms with van der Waals surface area (Å²) in [5.74, 6) is 0.572. The molecule has 102 valence electrons. The molecule has 0 aromatic carbocycles. The maximum absolute atomic E-state index is 4.73. The summed E-state index contributed by atoms with van der Waals surface area (Å²) in [5.41, 5.74) is 2.32. The van der Waals surface area contributed by atoms with Crippen molar-refractivity contribution in [2.75, 3.05) is 4.43 Å². The molecule has 0 saturated heterocycles. The zero-order valence-corrected chi connectivity index (χ0v) is 16.9. The topological polar surface area (TPSA) is 27.0 Å². The van der Waals surface area contributed by atoms with Crippen molar-refractivity contribution in [2.24, 2.45) is 5.92 Å². The van der Waals surface area contributed by atoms with Crippen LogP contribution in [0.15, 0.2) is 18.5 Å². The first-order chi connectivity index (χ1) is 8.56. The van der Waals surface area contributed by atoms with Gasteiger partial charge in [-0.15, -0.1) is 0 Å². The molecule has 0 spiro atoms. The average molecular weight is 529 g/mol. The number of halogens is 1. The van der Waals surface area contributed by atoms with Crippen LogP contribution < -0.4 is 0 Å². The first kappa shape index (κ1) is 18.2. The Kier molecular flexibility index (Phi) is 10.2. The number of alkyl halides is 1. The van der Waals surface area contributed by atoms with Crippen molar-refractivity contribution in [3.8, 4) is 0 Å². The van der Waals surface area contributed by atoms with E-state index in [4.69, 9.17) is 5.32 Å². The predicted molar refractivity (Wildman–Crippen MR) is 85.9 cm³/mol. The van der Waals surface area contributed by atoms with Gasteiger partial charge in [0.15, 0.2) is 0 Å². The first-order valence-corrected chi connectivity index (χ1v) is 9.30.